The highest BCUT2D eigenvalue weighted by atomic mass is 127. The van der Waals surface area contributed by atoms with Gasteiger partial charge in [0.15, 0.2) is 5.65 Å². The lowest BCUT2D eigenvalue weighted by molar-refractivity contribution is 0.896. The maximum Gasteiger partial charge on any atom is 0.164 e. The van der Waals surface area contributed by atoms with E-state index in [4.69, 9.17) is 0 Å². The van der Waals surface area contributed by atoms with Crippen molar-refractivity contribution in [3.8, 4) is 0 Å². The normalized spacial score (nSPS) is 16.4. The lowest BCUT2D eigenvalue weighted by atomic mass is 10.3. The predicted molar refractivity (Wildman–Crippen MR) is 62.4 cm³/mol. The van der Waals surface area contributed by atoms with Crippen molar-refractivity contribution >= 4 is 28.2 Å². The Bertz CT molecular complexity index is 499. The zero-order valence-corrected chi connectivity index (χ0v) is 10.0. The monoisotopic (exact) mass is 299 g/mol. The van der Waals surface area contributed by atoms with Gasteiger partial charge >= 0.3 is 0 Å². The predicted octanol–water partition coefficient (Wildman–Crippen LogP) is 2.52. The van der Waals surface area contributed by atoms with Crippen LogP contribution in [0.3, 0.4) is 0 Å². The molecule has 2 heterocycles. The molecule has 1 fully saturated rings. The molecule has 3 rings (SSSR count). The van der Waals surface area contributed by atoms with Gasteiger partial charge in [-0.1, -0.05) is 0 Å². The zero-order chi connectivity index (χ0) is 9.71. The van der Waals surface area contributed by atoms with E-state index in [-0.39, 0.29) is 0 Å². The molecule has 0 radical (unpaired) electrons. The third-order valence-corrected chi connectivity index (χ3v) is 3.90. The van der Waals surface area contributed by atoms with Crippen molar-refractivity contribution < 1.29 is 0 Å². The van der Waals surface area contributed by atoms with E-state index >= 15 is 0 Å². The van der Waals surface area contributed by atoms with Crippen LogP contribution in [0.15, 0.2) is 12.3 Å². The second kappa shape index (κ2) is 2.92. The van der Waals surface area contributed by atoms with Gasteiger partial charge in [-0.05, 0) is 48.4 Å². The molecule has 1 aliphatic carbocycles. The van der Waals surface area contributed by atoms with Crippen molar-refractivity contribution in [3.05, 3.63) is 27.2 Å². The molecule has 0 aliphatic heterocycles. The van der Waals surface area contributed by atoms with Crippen LogP contribution >= 0.6 is 22.6 Å². The Morgan fingerprint density at radius 2 is 2.21 bits per heavy atom. The molecule has 2 aromatic rings. The van der Waals surface area contributed by atoms with E-state index in [0.29, 0.717) is 5.92 Å². The minimum Gasteiger partial charge on any atom is -0.286 e. The molecule has 0 N–H and O–H groups in total. The zero-order valence-electron chi connectivity index (χ0n) is 7.87. The van der Waals surface area contributed by atoms with Crippen molar-refractivity contribution in [1.29, 1.82) is 0 Å². The van der Waals surface area contributed by atoms with E-state index in [2.05, 4.69) is 56.4 Å². The second-order valence-corrected chi connectivity index (χ2v) is 4.98. The number of hydrogen-bond acceptors (Lipinski definition) is 2. The van der Waals surface area contributed by atoms with Crippen LogP contribution in [-0.4, -0.2) is 14.6 Å². The second-order valence-electron chi connectivity index (χ2n) is 3.81. The first-order valence-electron chi connectivity index (χ1n) is 4.77. The fraction of sp³-hybridized carbons (Fsp3) is 0.400. The van der Waals surface area contributed by atoms with Crippen LogP contribution in [0.5, 0.6) is 0 Å². The minimum absolute atomic E-state index is 0.657. The maximum absolute atomic E-state index is 4.27. The average molecular weight is 299 g/mol. The number of rotatable bonds is 1. The molecule has 1 aliphatic rings. The summed E-state index contributed by atoms with van der Waals surface area (Å²) in [7, 11) is 0. The highest BCUT2D eigenvalue weighted by molar-refractivity contribution is 14.1. The van der Waals surface area contributed by atoms with Gasteiger partial charge in [0.1, 0.15) is 5.82 Å². The summed E-state index contributed by atoms with van der Waals surface area (Å²) in [6.07, 6.45) is 4.62. The van der Waals surface area contributed by atoms with Gasteiger partial charge in [0.05, 0.1) is 0 Å². The van der Waals surface area contributed by atoms with E-state index in [1.165, 1.54) is 22.0 Å². The van der Waals surface area contributed by atoms with Crippen LogP contribution in [0, 0.1) is 10.5 Å². The summed E-state index contributed by atoms with van der Waals surface area (Å²) in [5.41, 5.74) is 2.24. The molecule has 0 saturated heterocycles. The van der Waals surface area contributed by atoms with E-state index < -0.39 is 0 Å². The summed E-state index contributed by atoms with van der Waals surface area (Å²) in [5, 5.41) is 8.52. The minimum atomic E-state index is 0.657. The molecule has 2 aromatic heterocycles. The van der Waals surface area contributed by atoms with Gasteiger partial charge in [0, 0.05) is 21.2 Å². The van der Waals surface area contributed by atoms with Crippen molar-refractivity contribution in [1.82, 2.24) is 14.6 Å². The number of aryl methyl sites for hydroxylation is 1. The highest BCUT2D eigenvalue weighted by Crippen LogP contribution is 2.39. The van der Waals surface area contributed by atoms with Crippen LogP contribution in [0.4, 0.5) is 0 Å². The number of nitrogens with zero attached hydrogens (tertiary/aromatic N) is 3. The molecule has 1 saturated carbocycles. The largest absolute Gasteiger partial charge is 0.286 e. The summed E-state index contributed by atoms with van der Waals surface area (Å²) in [6, 6.07) is 2.12. The molecule has 4 heteroatoms. The molecule has 0 amide bonds. The Morgan fingerprint density at radius 1 is 1.43 bits per heavy atom. The molecule has 14 heavy (non-hydrogen) atoms. The van der Waals surface area contributed by atoms with Crippen molar-refractivity contribution in [2.75, 3.05) is 0 Å². The standard InChI is InChI=1S/C10H10IN3/c1-6-8(11)4-5-14-9(6)12-13-10(14)7-2-3-7/h4-5,7H,2-3H2,1H3. The summed E-state index contributed by atoms with van der Waals surface area (Å²) in [4.78, 5) is 0. The molecule has 0 unspecified atom stereocenters. The Labute approximate surface area is 95.7 Å². The highest BCUT2D eigenvalue weighted by Gasteiger charge is 2.28. The number of fused-ring (bicyclic) bond motifs is 1. The average Bonchev–Trinajstić information content (AvgIpc) is 2.93. The van der Waals surface area contributed by atoms with E-state index in [1.54, 1.807) is 0 Å². The van der Waals surface area contributed by atoms with Crippen molar-refractivity contribution in [3.63, 3.8) is 0 Å². The van der Waals surface area contributed by atoms with Crippen LogP contribution in [-0.2, 0) is 0 Å². The molecule has 0 spiro atoms. The Kier molecular flexibility index (Phi) is 1.80. The maximum atomic E-state index is 4.27. The van der Waals surface area contributed by atoms with Crippen LogP contribution < -0.4 is 0 Å². The number of aromatic nitrogens is 3. The summed E-state index contributed by atoms with van der Waals surface area (Å²) < 4.78 is 3.39. The van der Waals surface area contributed by atoms with Gasteiger partial charge in [-0.3, -0.25) is 4.40 Å². The van der Waals surface area contributed by atoms with Gasteiger partial charge in [-0.2, -0.15) is 0 Å². The smallest absolute Gasteiger partial charge is 0.164 e. The molecular weight excluding hydrogens is 289 g/mol. The lowest BCUT2D eigenvalue weighted by Gasteiger charge is -2.01. The number of hydrogen-bond donors (Lipinski definition) is 0. The molecule has 0 bridgehead atoms. The lowest BCUT2D eigenvalue weighted by Crippen LogP contribution is -1.94. The third kappa shape index (κ3) is 1.16. The SMILES string of the molecule is Cc1c(I)ccn2c(C3CC3)nnc12. The van der Waals surface area contributed by atoms with E-state index in [1.807, 2.05) is 0 Å². The van der Waals surface area contributed by atoms with Crippen LogP contribution in [0.1, 0.15) is 30.1 Å². The fourth-order valence-corrected chi connectivity index (χ4v) is 2.10. The van der Waals surface area contributed by atoms with Crippen molar-refractivity contribution in [2.45, 2.75) is 25.7 Å². The topological polar surface area (TPSA) is 30.2 Å². The van der Waals surface area contributed by atoms with Gasteiger partial charge in [0.25, 0.3) is 0 Å². The number of halogens is 1. The van der Waals surface area contributed by atoms with E-state index in [0.717, 1.165) is 11.5 Å². The van der Waals surface area contributed by atoms with Crippen LogP contribution in [0.2, 0.25) is 0 Å². The third-order valence-electron chi connectivity index (χ3n) is 2.73. The Hall–Kier alpha value is -0.650. The van der Waals surface area contributed by atoms with Crippen LogP contribution in [0.25, 0.3) is 5.65 Å². The Balaban J connectivity index is 2.31. The van der Waals surface area contributed by atoms with Gasteiger partial charge < -0.3 is 0 Å². The van der Waals surface area contributed by atoms with Gasteiger partial charge in [0.2, 0.25) is 0 Å². The van der Waals surface area contributed by atoms with Crippen molar-refractivity contribution in [2.24, 2.45) is 0 Å². The van der Waals surface area contributed by atoms with E-state index in [9.17, 15) is 0 Å². The van der Waals surface area contributed by atoms with Gasteiger partial charge in [-0.25, -0.2) is 0 Å². The first kappa shape index (κ1) is 8.64. The number of pyridine rings is 1. The summed E-state index contributed by atoms with van der Waals surface area (Å²) in [6.45, 7) is 2.10. The first-order valence-corrected chi connectivity index (χ1v) is 5.85. The molecule has 0 atom stereocenters. The molecule has 0 aromatic carbocycles. The molecular formula is C10H10IN3. The molecule has 72 valence electrons. The Morgan fingerprint density at radius 3 is 2.93 bits per heavy atom. The first-order chi connectivity index (χ1) is 6.77. The summed E-state index contributed by atoms with van der Waals surface area (Å²) >= 11 is 2.33. The quantitative estimate of drug-likeness (QED) is 0.757. The van der Waals surface area contributed by atoms with Gasteiger partial charge in [-0.15, -0.1) is 10.2 Å². The molecule has 3 nitrogen and oxygen atoms in total. The summed E-state index contributed by atoms with van der Waals surface area (Å²) in [5.74, 6) is 1.80. The fourth-order valence-electron chi connectivity index (χ4n) is 1.70.